The number of aryl methyl sites for hydroxylation is 1. The highest BCUT2D eigenvalue weighted by Crippen LogP contribution is 2.18. The van der Waals surface area contributed by atoms with Gasteiger partial charge in [0.2, 0.25) is 0 Å². The lowest BCUT2D eigenvalue weighted by Crippen LogP contribution is -2.29. The van der Waals surface area contributed by atoms with Crippen LogP contribution in [0.4, 0.5) is 0 Å². The third kappa shape index (κ3) is 5.75. The van der Waals surface area contributed by atoms with Crippen molar-refractivity contribution in [2.45, 2.75) is 6.92 Å². The predicted octanol–water partition coefficient (Wildman–Crippen LogP) is 3.12. The van der Waals surface area contributed by atoms with Crippen LogP contribution in [0.1, 0.15) is 5.56 Å². The number of nitrogens with one attached hydrogen (secondary N) is 1. The number of ether oxygens (including phenoxy) is 2. The molecule has 5 heteroatoms. The number of carbonyl (C=O) groups excluding carboxylic acids is 1. The minimum atomic E-state index is -0.216. The van der Waals surface area contributed by atoms with Crippen molar-refractivity contribution in [2.75, 3.05) is 19.8 Å². The van der Waals surface area contributed by atoms with E-state index >= 15 is 0 Å². The molecule has 0 saturated heterocycles. The van der Waals surface area contributed by atoms with Crippen molar-refractivity contribution in [1.82, 2.24) is 10.3 Å². The van der Waals surface area contributed by atoms with Gasteiger partial charge in [0.25, 0.3) is 5.91 Å². The Kier molecular flexibility index (Phi) is 6.26. The molecule has 0 aliphatic heterocycles. The molecule has 0 fully saturated rings. The van der Waals surface area contributed by atoms with E-state index in [1.54, 1.807) is 6.20 Å². The predicted molar refractivity (Wildman–Crippen MR) is 105 cm³/mol. The molecule has 0 unspecified atom stereocenters. The lowest BCUT2D eigenvalue weighted by molar-refractivity contribution is -0.122. The van der Waals surface area contributed by atoms with Gasteiger partial charge in [0.05, 0.1) is 12.1 Å². The first-order valence-corrected chi connectivity index (χ1v) is 8.60. The second kappa shape index (κ2) is 9.25. The van der Waals surface area contributed by atoms with Gasteiger partial charge in [0.1, 0.15) is 18.1 Å². The van der Waals surface area contributed by atoms with Crippen LogP contribution in [-0.2, 0) is 4.79 Å². The molecule has 0 spiro atoms. The number of rotatable bonds is 6. The average molecular weight is 360 g/mol. The second-order valence-electron chi connectivity index (χ2n) is 5.88. The van der Waals surface area contributed by atoms with Gasteiger partial charge in [-0.1, -0.05) is 35.6 Å². The highest BCUT2D eigenvalue weighted by atomic mass is 16.5. The van der Waals surface area contributed by atoms with Gasteiger partial charge in [-0.25, -0.2) is 0 Å². The topological polar surface area (TPSA) is 60.5 Å². The summed E-state index contributed by atoms with van der Waals surface area (Å²) < 4.78 is 11.0. The highest BCUT2D eigenvalue weighted by Gasteiger charge is 2.01. The number of pyridine rings is 1. The van der Waals surface area contributed by atoms with Crippen molar-refractivity contribution in [1.29, 1.82) is 0 Å². The van der Waals surface area contributed by atoms with Crippen LogP contribution >= 0.6 is 0 Å². The first-order chi connectivity index (χ1) is 13.2. The van der Waals surface area contributed by atoms with Gasteiger partial charge in [-0.2, -0.15) is 0 Å². The number of nitrogens with zero attached hydrogens (tertiary/aromatic N) is 1. The molecule has 0 radical (unpaired) electrons. The largest absolute Gasteiger partial charge is 0.484 e. The maximum Gasteiger partial charge on any atom is 0.258 e. The van der Waals surface area contributed by atoms with E-state index in [1.165, 1.54) is 0 Å². The Hall–Kier alpha value is -3.52. The lowest BCUT2D eigenvalue weighted by Gasteiger charge is -2.06. The van der Waals surface area contributed by atoms with E-state index in [0.717, 1.165) is 16.5 Å². The monoisotopic (exact) mass is 360 g/mol. The van der Waals surface area contributed by atoms with Gasteiger partial charge >= 0.3 is 0 Å². The fraction of sp³-hybridized carbons (Fsp3) is 0.182. The molecule has 3 rings (SSSR count). The molecule has 2 aromatic carbocycles. The summed E-state index contributed by atoms with van der Waals surface area (Å²) in [4.78, 5) is 16.0. The molecule has 0 atom stereocenters. The van der Waals surface area contributed by atoms with Gasteiger partial charge < -0.3 is 14.8 Å². The highest BCUT2D eigenvalue weighted by molar-refractivity contribution is 5.79. The molecule has 1 aromatic heterocycles. The summed E-state index contributed by atoms with van der Waals surface area (Å²) in [6.45, 7) is 2.45. The standard InChI is InChI=1S/C22H20N2O3/c1-17-6-9-19(10-7-17)27-16-22(25)24-12-2-3-14-26-20-11-8-18-5-4-13-23-21(18)15-20/h4-11,13,15H,12,14,16H2,1H3,(H,24,25). The molecule has 136 valence electrons. The summed E-state index contributed by atoms with van der Waals surface area (Å²) in [7, 11) is 0. The normalized spacial score (nSPS) is 9.96. The first-order valence-electron chi connectivity index (χ1n) is 8.60. The van der Waals surface area contributed by atoms with Crippen molar-refractivity contribution < 1.29 is 14.3 Å². The molecule has 3 aromatic rings. The van der Waals surface area contributed by atoms with Crippen LogP contribution in [0.3, 0.4) is 0 Å². The molecule has 0 bridgehead atoms. The van der Waals surface area contributed by atoms with Crippen LogP contribution in [0.15, 0.2) is 60.8 Å². The number of benzene rings is 2. The SMILES string of the molecule is Cc1ccc(OCC(=O)NCC#CCOc2ccc3cccnc3c2)cc1. The summed E-state index contributed by atoms with van der Waals surface area (Å²) >= 11 is 0. The Morgan fingerprint density at radius 1 is 1.04 bits per heavy atom. The summed E-state index contributed by atoms with van der Waals surface area (Å²) in [5.41, 5.74) is 2.02. The smallest absolute Gasteiger partial charge is 0.258 e. The summed E-state index contributed by atoms with van der Waals surface area (Å²) in [6, 6.07) is 17.2. The molecule has 27 heavy (non-hydrogen) atoms. The van der Waals surface area contributed by atoms with Crippen LogP contribution in [-0.4, -0.2) is 30.6 Å². The molecule has 1 amide bonds. The molecular formula is C22H20N2O3. The maximum absolute atomic E-state index is 11.7. The van der Waals surface area contributed by atoms with E-state index in [2.05, 4.69) is 22.1 Å². The Morgan fingerprint density at radius 3 is 2.70 bits per heavy atom. The zero-order chi connectivity index (χ0) is 18.9. The Labute approximate surface area is 158 Å². The fourth-order valence-corrected chi connectivity index (χ4v) is 2.35. The average Bonchev–Trinajstić information content (AvgIpc) is 2.70. The zero-order valence-corrected chi connectivity index (χ0v) is 15.1. The zero-order valence-electron chi connectivity index (χ0n) is 15.1. The minimum absolute atomic E-state index is 0.0364. The molecule has 0 saturated carbocycles. The van der Waals surface area contributed by atoms with E-state index in [9.17, 15) is 4.79 Å². The molecule has 5 nitrogen and oxygen atoms in total. The van der Waals surface area contributed by atoms with Crippen LogP contribution in [0.25, 0.3) is 10.9 Å². The molecule has 1 N–H and O–H groups in total. The molecule has 0 aliphatic rings. The number of hydrogen-bond acceptors (Lipinski definition) is 4. The van der Waals surface area contributed by atoms with Crippen LogP contribution < -0.4 is 14.8 Å². The van der Waals surface area contributed by atoms with E-state index in [-0.39, 0.29) is 25.7 Å². The Balaban J connectivity index is 1.36. The lowest BCUT2D eigenvalue weighted by atomic mass is 10.2. The molecule has 0 aliphatic carbocycles. The van der Waals surface area contributed by atoms with Gasteiger partial charge in [-0.3, -0.25) is 9.78 Å². The van der Waals surface area contributed by atoms with Crippen LogP contribution in [0.5, 0.6) is 11.5 Å². The summed E-state index contributed by atoms with van der Waals surface area (Å²) in [6.07, 6.45) is 1.75. The third-order valence-corrected chi connectivity index (χ3v) is 3.78. The second-order valence-corrected chi connectivity index (χ2v) is 5.88. The van der Waals surface area contributed by atoms with Gasteiger partial charge in [0.15, 0.2) is 6.61 Å². The van der Waals surface area contributed by atoms with E-state index < -0.39 is 0 Å². The Bertz CT molecular complexity index is 972. The van der Waals surface area contributed by atoms with Crippen molar-refractivity contribution >= 4 is 16.8 Å². The van der Waals surface area contributed by atoms with Crippen LogP contribution in [0.2, 0.25) is 0 Å². The van der Waals surface area contributed by atoms with E-state index in [0.29, 0.717) is 11.5 Å². The van der Waals surface area contributed by atoms with E-state index in [1.807, 2.05) is 61.5 Å². The minimum Gasteiger partial charge on any atom is -0.484 e. The van der Waals surface area contributed by atoms with Crippen LogP contribution in [0, 0.1) is 18.8 Å². The summed E-state index contributed by atoms with van der Waals surface area (Å²) in [5, 5.41) is 3.75. The number of amides is 1. The third-order valence-electron chi connectivity index (χ3n) is 3.78. The summed E-state index contributed by atoms with van der Waals surface area (Å²) in [5.74, 6) is 6.88. The van der Waals surface area contributed by atoms with E-state index in [4.69, 9.17) is 9.47 Å². The van der Waals surface area contributed by atoms with Gasteiger partial charge in [0, 0.05) is 17.6 Å². The van der Waals surface area contributed by atoms with Crippen molar-refractivity contribution in [3.8, 4) is 23.3 Å². The number of fused-ring (bicyclic) bond motifs is 1. The number of aromatic nitrogens is 1. The van der Waals surface area contributed by atoms with Gasteiger partial charge in [-0.15, -0.1) is 0 Å². The fourth-order valence-electron chi connectivity index (χ4n) is 2.35. The first kappa shape index (κ1) is 18.3. The number of carbonyl (C=O) groups is 1. The van der Waals surface area contributed by atoms with Crippen molar-refractivity contribution in [3.05, 3.63) is 66.4 Å². The quantitative estimate of drug-likeness (QED) is 0.686. The maximum atomic E-state index is 11.7. The van der Waals surface area contributed by atoms with Gasteiger partial charge in [-0.05, 0) is 37.3 Å². The van der Waals surface area contributed by atoms with Crippen molar-refractivity contribution in [2.24, 2.45) is 0 Å². The number of hydrogen-bond donors (Lipinski definition) is 1. The molecular weight excluding hydrogens is 340 g/mol. The molecule has 1 heterocycles. The van der Waals surface area contributed by atoms with Crippen molar-refractivity contribution in [3.63, 3.8) is 0 Å². The Morgan fingerprint density at radius 2 is 1.85 bits per heavy atom.